The summed E-state index contributed by atoms with van der Waals surface area (Å²) in [6.45, 7) is 0.528. The summed E-state index contributed by atoms with van der Waals surface area (Å²) < 4.78 is 10.1. The van der Waals surface area contributed by atoms with Gasteiger partial charge in [0, 0.05) is 12.8 Å². The molecule has 0 bridgehead atoms. The SMILES string of the molecule is O=C(CC(=O)OCCc1ccccc1)OCCc1ccccc1. The summed E-state index contributed by atoms with van der Waals surface area (Å²) in [5.41, 5.74) is 2.18. The summed E-state index contributed by atoms with van der Waals surface area (Å²) in [6.07, 6.45) is 0.925. The molecule has 0 unspecified atom stereocenters. The van der Waals surface area contributed by atoms with Crippen LogP contribution in [0.5, 0.6) is 0 Å². The standard InChI is InChI=1S/C19H20O4/c20-18(22-13-11-16-7-3-1-4-8-16)15-19(21)23-14-12-17-9-5-2-6-10-17/h1-10H,11-15H2. The lowest BCUT2D eigenvalue weighted by atomic mass is 10.2. The predicted molar refractivity (Wildman–Crippen MR) is 86.8 cm³/mol. The van der Waals surface area contributed by atoms with Gasteiger partial charge < -0.3 is 9.47 Å². The zero-order chi connectivity index (χ0) is 16.3. The normalized spacial score (nSPS) is 10.1. The molecular formula is C19H20O4. The van der Waals surface area contributed by atoms with Gasteiger partial charge >= 0.3 is 11.9 Å². The van der Waals surface area contributed by atoms with Crippen LogP contribution in [-0.4, -0.2) is 25.2 Å². The number of rotatable bonds is 8. The molecule has 2 aromatic carbocycles. The average Bonchev–Trinajstić information content (AvgIpc) is 2.57. The monoisotopic (exact) mass is 312 g/mol. The van der Waals surface area contributed by atoms with Crippen molar-refractivity contribution < 1.29 is 19.1 Å². The van der Waals surface area contributed by atoms with Crippen molar-refractivity contribution in [3.63, 3.8) is 0 Å². The Hall–Kier alpha value is -2.62. The van der Waals surface area contributed by atoms with Gasteiger partial charge in [-0.2, -0.15) is 0 Å². The van der Waals surface area contributed by atoms with E-state index < -0.39 is 11.9 Å². The van der Waals surface area contributed by atoms with Gasteiger partial charge in [0.05, 0.1) is 13.2 Å². The number of benzene rings is 2. The molecule has 0 saturated carbocycles. The highest BCUT2D eigenvalue weighted by atomic mass is 16.6. The van der Waals surface area contributed by atoms with Gasteiger partial charge in [-0.15, -0.1) is 0 Å². The van der Waals surface area contributed by atoms with E-state index in [-0.39, 0.29) is 19.6 Å². The first-order valence-electron chi connectivity index (χ1n) is 7.63. The largest absolute Gasteiger partial charge is 0.465 e. The van der Waals surface area contributed by atoms with Crippen LogP contribution in [-0.2, 0) is 31.9 Å². The molecule has 2 rings (SSSR count). The molecule has 23 heavy (non-hydrogen) atoms. The van der Waals surface area contributed by atoms with Gasteiger partial charge in [-0.25, -0.2) is 0 Å². The van der Waals surface area contributed by atoms with Crippen LogP contribution in [0, 0.1) is 0 Å². The molecule has 0 amide bonds. The average molecular weight is 312 g/mol. The van der Waals surface area contributed by atoms with Gasteiger partial charge in [0.25, 0.3) is 0 Å². The lowest BCUT2D eigenvalue weighted by molar-refractivity contribution is -0.154. The number of hydrogen-bond donors (Lipinski definition) is 0. The highest BCUT2D eigenvalue weighted by molar-refractivity contribution is 5.91. The minimum Gasteiger partial charge on any atom is -0.465 e. The Balaban J connectivity index is 1.58. The molecule has 2 aromatic rings. The molecule has 0 aliphatic carbocycles. The molecule has 120 valence electrons. The first-order valence-corrected chi connectivity index (χ1v) is 7.63. The van der Waals surface area contributed by atoms with E-state index in [0.29, 0.717) is 12.8 Å². The zero-order valence-electron chi connectivity index (χ0n) is 12.9. The number of carbonyl (C=O) groups excluding carboxylic acids is 2. The third kappa shape index (κ3) is 6.78. The van der Waals surface area contributed by atoms with Crippen molar-refractivity contribution in [3.8, 4) is 0 Å². The molecular weight excluding hydrogens is 292 g/mol. The van der Waals surface area contributed by atoms with E-state index >= 15 is 0 Å². The van der Waals surface area contributed by atoms with Crippen LogP contribution in [0.3, 0.4) is 0 Å². The second-order valence-electron chi connectivity index (χ2n) is 5.09. The Bertz CT molecular complexity index is 552. The fourth-order valence-corrected chi connectivity index (χ4v) is 2.07. The van der Waals surface area contributed by atoms with E-state index in [0.717, 1.165) is 11.1 Å². The highest BCUT2D eigenvalue weighted by Crippen LogP contribution is 2.02. The molecule has 0 saturated heterocycles. The molecule has 0 aliphatic rings. The summed E-state index contributed by atoms with van der Waals surface area (Å²) in [6, 6.07) is 19.4. The predicted octanol–water partition coefficient (Wildman–Crippen LogP) is 2.95. The van der Waals surface area contributed by atoms with Crippen LogP contribution in [0.4, 0.5) is 0 Å². The van der Waals surface area contributed by atoms with E-state index in [1.807, 2.05) is 60.7 Å². The second kappa shape index (κ2) is 9.41. The molecule has 4 heteroatoms. The van der Waals surface area contributed by atoms with E-state index in [1.54, 1.807) is 0 Å². The van der Waals surface area contributed by atoms with Crippen LogP contribution >= 0.6 is 0 Å². The molecule has 0 aromatic heterocycles. The van der Waals surface area contributed by atoms with Gasteiger partial charge in [0.1, 0.15) is 6.42 Å². The molecule has 0 spiro atoms. The maximum Gasteiger partial charge on any atom is 0.317 e. The Morgan fingerprint density at radius 2 is 1.04 bits per heavy atom. The first kappa shape index (κ1) is 16.7. The van der Waals surface area contributed by atoms with E-state index in [9.17, 15) is 9.59 Å². The van der Waals surface area contributed by atoms with Crippen molar-refractivity contribution in [1.29, 1.82) is 0 Å². The Kier molecular flexibility index (Phi) is 6.85. The lowest BCUT2D eigenvalue weighted by Crippen LogP contribution is -2.16. The number of esters is 2. The fourth-order valence-electron chi connectivity index (χ4n) is 2.07. The smallest absolute Gasteiger partial charge is 0.317 e. The van der Waals surface area contributed by atoms with Gasteiger partial charge in [0.15, 0.2) is 0 Å². The summed E-state index contributed by atoms with van der Waals surface area (Å²) in [5.74, 6) is -1.10. The van der Waals surface area contributed by atoms with Crippen LogP contribution in [0.1, 0.15) is 17.5 Å². The summed E-state index contributed by atoms with van der Waals surface area (Å²) in [5, 5.41) is 0. The van der Waals surface area contributed by atoms with Crippen LogP contribution < -0.4 is 0 Å². The number of carbonyl (C=O) groups is 2. The minimum atomic E-state index is -0.550. The van der Waals surface area contributed by atoms with Crippen molar-refractivity contribution in [2.45, 2.75) is 19.3 Å². The first-order chi connectivity index (χ1) is 11.2. The molecule has 4 nitrogen and oxygen atoms in total. The maximum absolute atomic E-state index is 11.6. The molecule has 0 aliphatic heterocycles. The Morgan fingerprint density at radius 1 is 0.652 bits per heavy atom. The second-order valence-corrected chi connectivity index (χ2v) is 5.09. The molecule has 0 fully saturated rings. The van der Waals surface area contributed by atoms with Gasteiger partial charge in [-0.1, -0.05) is 60.7 Å². The summed E-state index contributed by atoms with van der Waals surface area (Å²) >= 11 is 0. The maximum atomic E-state index is 11.6. The van der Waals surface area contributed by atoms with E-state index in [2.05, 4.69) is 0 Å². The third-order valence-corrected chi connectivity index (χ3v) is 3.28. The van der Waals surface area contributed by atoms with Gasteiger partial charge in [0.2, 0.25) is 0 Å². The molecule has 0 radical (unpaired) electrons. The van der Waals surface area contributed by atoms with Crippen LogP contribution in [0.25, 0.3) is 0 Å². The number of ether oxygens (including phenoxy) is 2. The lowest BCUT2D eigenvalue weighted by Gasteiger charge is -2.06. The summed E-state index contributed by atoms with van der Waals surface area (Å²) in [7, 11) is 0. The number of hydrogen-bond acceptors (Lipinski definition) is 4. The van der Waals surface area contributed by atoms with Crippen LogP contribution in [0.15, 0.2) is 60.7 Å². The van der Waals surface area contributed by atoms with E-state index in [1.165, 1.54) is 0 Å². The quantitative estimate of drug-likeness (QED) is 0.555. The Labute approximate surface area is 136 Å². The van der Waals surface area contributed by atoms with Crippen molar-refractivity contribution >= 4 is 11.9 Å². The molecule has 0 heterocycles. The highest BCUT2D eigenvalue weighted by Gasteiger charge is 2.12. The van der Waals surface area contributed by atoms with Crippen LogP contribution in [0.2, 0.25) is 0 Å². The minimum absolute atomic E-state index is 0.264. The van der Waals surface area contributed by atoms with Crippen molar-refractivity contribution in [3.05, 3.63) is 71.8 Å². The van der Waals surface area contributed by atoms with Crippen molar-refractivity contribution in [2.24, 2.45) is 0 Å². The van der Waals surface area contributed by atoms with Gasteiger partial charge in [-0.05, 0) is 11.1 Å². The fraction of sp³-hybridized carbons (Fsp3) is 0.263. The Morgan fingerprint density at radius 3 is 1.43 bits per heavy atom. The molecule has 0 atom stereocenters. The molecule has 0 N–H and O–H groups in total. The van der Waals surface area contributed by atoms with E-state index in [4.69, 9.17) is 9.47 Å². The summed E-state index contributed by atoms with van der Waals surface area (Å²) in [4.78, 5) is 23.1. The third-order valence-electron chi connectivity index (χ3n) is 3.28. The topological polar surface area (TPSA) is 52.6 Å². The van der Waals surface area contributed by atoms with Crippen molar-refractivity contribution in [2.75, 3.05) is 13.2 Å². The van der Waals surface area contributed by atoms with Crippen molar-refractivity contribution in [1.82, 2.24) is 0 Å². The van der Waals surface area contributed by atoms with Gasteiger partial charge in [-0.3, -0.25) is 9.59 Å². The zero-order valence-corrected chi connectivity index (χ0v) is 12.9.